The number of benzene rings is 1. The average molecular weight is 322 g/mol. The zero-order valence-corrected chi connectivity index (χ0v) is 12.1. The molecule has 0 aliphatic carbocycles. The summed E-state index contributed by atoms with van der Waals surface area (Å²) >= 11 is 0. The highest BCUT2D eigenvalue weighted by Crippen LogP contribution is 2.22. The first-order valence-electron chi connectivity index (χ1n) is 6.90. The molecule has 118 valence electrons. The number of anilines is 1. The number of fused-ring (bicyclic) bond motifs is 1. The number of nitrogens with zero attached hydrogens (tertiary/aromatic N) is 6. The van der Waals surface area contributed by atoms with Gasteiger partial charge in [0.1, 0.15) is 11.8 Å². The molecule has 0 bridgehead atoms. The van der Waals surface area contributed by atoms with Crippen molar-refractivity contribution in [1.82, 2.24) is 25.5 Å². The second kappa shape index (κ2) is 5.85. The summed E-state index contributed by atoms with van der Waals surface area (Å²) in [4.78, 5) is 31.6. The van der Waals surface area contributed by atoms with Crippen LogP contribution in [0.1, 0.15) is 0 Å². The van der Waals surface area contributed by atoms with Crippen LogP contribution in [-0.2, 0) is 9.63 Å². The van der Waals surface area contributed by atoms with Crippen LogP contribution in [-0.4, -0.2) is 25.9 Å². The van der Waals surface area contributed by atoms with Gasteiger partial charge in [-0.2, -0.15) is 5.11 Å². The molecule has 0 atom stereocenters. The molecule has 10 heteroatoms. The maximum absolute atomic E-state index is 11.8. The number of rotatable bonds is 3. The van der Waals surface area contributed by atoms with Gasteiger partial charge in [-0.3, -0.25) is 0 Å². The first-order chi connectivity index (χ1) is 11.8. The first-order valence-corrected chi connectivity index (χ1v) is 6.90. The minimum Gasteiger partial charge on any atom is -0.345 e. The summed E-state index contributed by atoms with van der Waals surface area (Å²) in [6.07, 6.45) is 4.12. The fraction of sp³-hybridized carbons (Fsp3) is 0. The van der Waals surface area contributed by atoms with Gasteiger partial charge in [0.2, 0.25) is 5.82 Å². The number of para-hydroxylation sites is 1. The molecule has 2 aromatic heterocycles. The van der Waals surface area contributed by atoms with E-state index in [-0.39, 0.29) is 5.70 Å². The summed E-state index contributed by atoms with van der Waals surface area (Å²) in [7, 11) is 0. The molecule has 0 unspecified atom stereocenters. The van der Waals surface area contributed by atoms with Crippen LogP contribution in [0.2, 0.25) is 0 Å². The highest BCUT2D eigenvalue weighted by atomic mass is 16.7. The van der Waals surface area contributed by atoms with Gasteiger partial charge in [-0.05, 0) is 12.1 Å². The average Bonchev–Trinajstić information content (AvgIpc) is 3.23. The van der Waals surface area contributed by atoms with E-state index in [9.17, 15) is 4.79 Å². The monoisotopic (exact) mass is 322 g/mol. The highest BCUT2D eigenvalue weighted by Gasteiger charge is 2.29. The minimum atomic E-state index is -0.563. The summed E-state index contributed by atoms with van der Waals surface area (Å²) in [5, 5.41) is 9.38. The quantitative estimate of drug-likeness (QED) is 0.556. The molecule has 1 aromatic carbocycles. The molecular weight excluding hydrogens is 312 g/mol. The standard InChI is InChI=1S/C14H10N8O2/c23-14-10(22(21-24-14)9-4-2-1-3-5-9)6-19-20-13-11-12(16-7-15-11)17-8-18-13/h1-8,21H,(H,15,16,17,18). The summed E-state index contributed by atoms with van der Waals surface area (Å²) in [5.74, 6) is -0.243. The minimum absolute atomic E-state index is 0.194. The Morgan fingerprint density at radius 3 is 2.92 bits per heavy atom. The summed E-state index contributed by atoms with van der Waals surface area (Å²) in [6, 6.07) is 9.19. The third-order valence-electron chi connectivity index (χ3n) is 3.23. The van der Waals surface area contributed by atoms with Crippen LogP contribution in [0.25, 0.3) is 11.2 Å². The molecule has 1 fully saturated rings. The maximum atomic E-state index is 11.8. The van der Waals surface area contributed by atoms with Crippen LogP contribution in [0.5, 0.6) is 0 Å². The number of carbonyl (C=O) groups is 1. The number of carbonyl (C=O) groups excluding carboxylic acids is 1. The molecule has 3 aromatic rings. The van der Waals surface area contributed by atoms with Crippen molar-refractivity contribution < 1.29 is 9.63 Å². The van der Waals surface area contributed by atoms with Crippen molar-refractivity contribution in [2.75, 3.05) is 5.01 Å². The van der Waals surface area contributed by atoms with Crippen LogP contribution in [0.3, 0.4) is 0 Å². The van der Waals surface area contributed by atoms with Crippen LogP contribution in [0, 0.1) is 0 Å². The van der Waals surface area contributed by atoms with Gasteiger partial charge in [0.15, 0.2) is 11.3 Å². The maximum Gasteiger partial charge on any atom is 0.378 e. The van der Waals surface area contributed by atoms with E-state index in [1.54, 1.807) is 0 Å². The Bertz CT molecular complexity index is 950. The van der Waals surface area contributed by atoms with Gasteiger partial charge in [-0.25, -0.2) is 24.8 Å². The van der Waals surface area contributed by atoms with E-state index < -0.39 is 5.97 Å². The van der Waals surface area contributed by atoms with E-state index in [1.165, 1.54) is 23.9 Å². The van der Waals surface area contributed by atoms with Crippen molar-refractivity contribution in [2.24, 2.45) is 10.2 Å². The molecule has 1 aliphatic rings. The highest BCUT2D eigenvalue weighted by molar-refractivity contribution is 5.94. The zero-order chi connectivity index (χ0) is 16.4. The van der Waals surface area contributed by atoms with Gasteiger partial charge in [0, 0.05) is 0 Å². The SMILES string of the molecule is O=C1ONN(c2ccccc2)C1=CN=Nc1ncnc2nc[nH]c12. The fourth-order valence-electron chi connectivity index (χ4n) is 2.13. The van der Waals surface area contributed by atoms with E-state index in [4.69, 9.17) is 4.84 Å². The van der Waals surface area contributed by atoms with Crippen LogP contribution in [0.4, 0.5) is 11.5 Å². The van der Waals surface area contributed by atoms with Gasteiger partial charge < -0.3 is 9.82 Å². The number of nitrogens with one attached hydrogen (secondary N) is 2. The topological polar surface area (TPSA) is 121 Å². The second-order valence-electron chi connectivity index (χ2n) is 4.68. The molecule has 24 heavy (non-hydrogen) atoms. The van der Waals surface area contributed by atoms with E-state index in [2.05, 4.69) is 35.8 Å². The van der Waals surface area contributed by atoms with E-state index in [1.807, 2.05) is 30.3 Å². The normalized spacial score (nSPS) is 16.4. The van der Waals surface area contributed by atoms with E-state index >= 15 is 0 Å². The van der Waals surface area contributed by atoms with Crippen LogP contribution < -0.4 is 10.6 Å². The predicted octanol–water partition coefficient (Wildman–Crippen LogP) is 1.76. The molecule has 2 N–H and O–H groups in total. The van der Waals surface area contributed by atoms with Gasteiger partial charge in [-0.15, -0.1) is 5.11 Å². The molecule has 0 amide bonds. The number of H-pyrrole nitrogens is 1. The van der Waals surface area contributed by atoms with Crippen molar-refractivity contribution in [3.63, 3.8) is 0 Å². The molecule has 0 saturated carbocycles. The lowest BCUT2D eigenvalue weighted by molar-refractivity contribution is -0.140. The van der Waals surface area contributed by atoms with Crippen molar-refractivity contribution in [2.45, 2.75) is 0 Å². The molecule has 10 nitrogen and oxygen atoms in total. The van der Waals surface area contributed by atoms with Gasteiger partial charge >= 0.3 is 5.97 Å². The van der Waals surface area contributed by atoms with Gasteiger partial charge in [-0.1, -0.05) is 23.8 Å². The van der Waals surface area contributed by atoms with Crippen LogP contribution >= 0.6 is 0 Å². The molecule has 1 saturated heterocycles. The third-order valence-corrected chi connectivity index (χ3v) is 3.23. The van der Waals surface area contributed by atoms with Crippen molar-refractivity contribution in [1.29, 1.82) is 0 Å². The molecule has 0 spiro atoms. The molecule has 4 rings (SSSR count). The lowest BCUT2D eigenvalue weighted by Gasteiger charge is -2.14. The molecule has 3 heterocycles. The Labute approximate surface area is 134 Å². The number of hydrazine groups is 1. The number of aromatic nitrogens is 4. The lowest BCUT2D eigenvalue weighted by atomic mass is 10.3. The third kappa shape index (κ3) is 2.46. The molecular formula is C14H10N8O2. The lowest BCUT2D eigenvalue weighted by Crippen LogP contribution is -2.28. The number of hydrogen-bond donors (Lipinski definition) is 2. The molecule has 1 aliphatic heterocycles. The Morgan fingerprint density at radius 2 is 2.04 bits per heavy atom. The Hall–Kier alpha value is -3.66. The molecule has 0 radical (unpaired) electrons. The number of imidazole rings is 1. The van der Waals surface area contributed by atoms with E-state index in [0.29, 0.717) is 17.0 Å². The second-order valence-corrected chi connectivity index (χ2v) is 4.68. The summed E-state index contributed by atoms with van der Waals surface area (Å²) < 4.78 is 0. The number of hydrogen-bond acceptors (Lipinski definition) is 9. The first kappa shape index (κ1) is 14.0. The fourth-order valence-corrected chi connectivity index (χ4v) is 2.13. The predicted molar refractivity (Wildman–Crippen MR) is 82.4 cm³/mol. The largest absolute Gasteiger partial charge is 0.378 e. The van der Waals surface area contributed by atoms with Crippen molar-refractivity contribution in [3.8, 4) is 0 Å². The Morgan fingerprint density at radius 1 is 1.17 bits per heavy atom. The smallest absolute Gasteiger partial charge is 0.345 e. The zero-order valence-electron chi connectivity index (χ0n) is 12.1. The number of aromatic amines is 1. The van der Waals surface area contributed by atoms with Gasteiger partial charge in [0.05, 0.1) is 18.2 Å². The van der Waals surface area contributed by atoms with Crippen molar-refractivity contribution in [3.05, 3.63) is 54.9 Å². The Balaban J connectivity index is 1.64. The summed E-state index contributed by atoms with van der Waals surface area (Å²) in [5.41, 5.74) is 4.49. The van der Waals surface area contributed by atoms with E-state index in [0.717, 1.165) is 5.69 Å². The Kier molecular flexibility index (Phi) is 3.41. The van der Waals surface area contributed by atoms with Crippen molar-refractivity contribution >= 4 is 28.6 Å². The van der Waals surface area contributed by atoms with Gasteiger partial charge in [0.25, 0.3) is 0 Å². The van der Waals surface area contributed by atoms with Crippen LogP contribution in [0.15, 0.2) is 65.1 Å². The summed E-state index contributed by atoms with van der Waals surface area (Å²) in [6.45, 7) is 0. The number of azo groups is 1.